The molecule has 0 amide bonds. The Labute approximate surface area is 145 Å². The lowest BCUT2D eigenvalue weighted by Gasteiger charge is -2.23. The van der Waals surface area contributed by atoms with Crippen LogP contribution in [0.4, 0.5) is 31.9 Å². The second-order valence-electron chi connectivity index (χ2n) is 5.52. The van der Waals surface area contributed by atoms with E-state index in [1.54, 1.807) is 0 Å². The van der Waals surface area contributed by atoms with Gasteiger partial charge >= 0.3 is 0 Å². The number of nitrogens with one attached hydrogen (secondary N) is 1. The number of para-hydroxylation sites is 1. The molecule has 0 bridgehead atoms. The number of rotatable bonds is 5. The highest BCUT2D eigenvalue weighted by Gasteiger charge is 2.12. The van der Waals surface area contributed by atoms with Crippen molar-refractivity contribution in [2.75, 3.05) is 16.8 Å². The first kappa shape index (κ1) is 16.8. The lowest BCUT2D eigenvalue weighted by Crippen LogP contribution is -2.18. The molecule has 3 rings (SSSR count). The fourth-order valence-corrected chi connectivity index (χ4v) is 2.54. The fourth-order valence-electron chi connectivity index (χ4n) is 2.54. The molecule has 1 N–H and O–H groups in total. The second-order valence-corrected chi connectivity index (χ2v) is 5.52. The molecular weight excluding hydrogens is 322 g/mol. The Morgan fingerprint density at radius 2 is 1.76 bits per heavy atom. The largest absolute Gasteiger partial charge is 0.326 e. The van der Waals surface area contributed by atoms with Gasteiger partial charge in [-0.2, -0.15) is 4.98 Å². The molecule has 0 saturated heterocycles. The van der Waals surface area contributed by atoms with Crippen molar-refractivity contribution >= 4 is 23.1 Å². The SMILES string of the molecule is CCN(c1ccccc1)c1cc(C)nc(Nc2ccc(F)cc2F)n1. The monoisotopic (exact) mass is 340 g/mol. The van der Waals surface area contributed by atoms with Crippen LogP contribution in [0.3, 0.4) is 0 Å². The number of hydrogen-bond donors (Lipinski definition) is 1. The van der Waals surface area contributed by atoms with E-state index in [2.05, 4.69) is 15.3 Å². The number of hydrogen-bond acceptors (Lipinski definition) is 4. The van der Waals surface area contributed by atoms with Gasteiger partial charge in [-0.1, -0.05) is 18.2 Å². The minimum atomic E-state index is -0.693. The molecule has 25 heavy (non-hydrogen) atoms. The lowest BCUT2D eigenvalue weighted by atomic mass is 10.2. The van der Waals surface area contributed by atoms with Crippen LogP contribution in [-0.2, 0) is 0 Å². The highest BCUT2D eigenvalue weighted by atomic mass is 19.1. The maximum Gasteiger partial charge on any atom is 0.229 e. The zero-order valence-electron chi connectivity index (χ0n) is 14.0. The molecule has 1 heterocycles. The van der Waals surface area contributed by atoms with Crippen molar-refractivity contribution in [2.24, 2.45) is 0 Å². The van der Waals surface area contributed by atoms with Crippen LogP contribution >= 0.6 is 0 Å². The van der Waals surface area contributed by atoms with Crippen LogP contribution in [0.15, 0.2) is 54.6 Å². The molecule has 128 valence electrons. The summed E-state index contributed by atoms with van der Waals surface area (Å²) in [6.07, 6.45) is 0. The van der Waals surface area contributed by atoms with Gasteiger partial charge in [0.25, 0.3) is 0 Å². The molecule has 4 nitrogen and oxygen atoms in total. The summed E-state index contributed by atoms with van der Waals surface area (Å²) in [4.78, 5) is 10.8. The zero-order chi connectivity index (χ0) is 17.8. The average Bonchev–Trinajstić information content (AvgIpc) is 2.59. The number of aromatic nitrogens is 2. The van der Waals surface area contributed by atoms with Crippen LogP contribution in [0.2, 0.25) is 0 Å². The Balaban J connectivity index is 1.95. The summed E-state index contributed by atoms with van der Waals surface area (Å²) < 4.78 is 26.9. The molecule has 3 aromatic rings. The first-order valence-electron chi connectivity index (χ1n) is 7.97. The van der Waals surface area contributed by atoms with Crippen molar-refractivity contribution in [1.29, 1.82) is 0 Å². The summed E-state index contributed by atoms with van der Waals surface area (Å²) in [6.45, 7) is 4.58. The first-order chi connectivity index (χ1) is 12.1. The molecule has 0 unspecified atom stereocenters. The number of benzene rings is 2. The predicted octanol–water partition coefficient (Wildman–Crippen LogP) is 4.96. The Hall–Kier alpha value is -3.02. The summed E-state index contributed by atoms with van der Waals surface area (Å²) in [5.74, 6) is -0.363. The maximum atomic E-state index is 13.9. The normalized spacial score (nSPS) is 10.6. The highest BCUT2D eigenvalue weighted by Crippen LogP contribution is 2.26. The molecule has 0 atom stereocenters. The standard InChI is InChI=1S/C19H18F2N4/c1-3-25(15-7-5-4-6-8-15)18-11-13(2)22-19(24-18)23-17-10-9-14(20)12-16(17)21/h4-12H,3H2,1-2H3,(H,22,23,24). The Morgan fingerprint density at radius 1 is 1.00 bits per heavy atom. The van der Waals surface area contributed by atoms with Crippen LogP contribution < -0.4 is 10.2 Å². The van der Waals surface area contributed by atoms with Crippen LogP contribution in [-0.4, -0.2) is 16.5 Å². The minimum Gasteiger partial charge on any atom is -0.326 e. The highest BCUT2D eigenvalue weighted by molar-refractivity contribution is 5.62. The molecule has 0 aliphatic heterocycles. The number of anilines is 4. The summed E-state index contributed by atoms with van der Waals surface area (Å²) in [5.41, 5.74) is 1.87. The summed E-state index contributed by atoms with van der Waals surface area (Å²) in [6, 6.07) is 15.0. The van der Waals surface area contributed by atoms with Gasteiger partial charge in [0.2, 0.25) is 5.95 Å². The van der Waals surface area contributed by atoms with Gasteiger partial charge in [-0.25, -0.2) is 13.8 Å². The smallest absolute Gasteiger partial charge is 0.229 e. The Morgan fingerprint density at radius 3 is 2.44 bits per heavy atom. The number of nitrogens with zero attached hydrogens (tertiary/aromatic N) is 3. The summed E-state index contributed by atoms with van der Waals surface area (Å²) in [7, 11) is 0. The maximum absolute atomic E-state index is 13.9. The predicted molar refractivity (Wildman–Crippen MR) is 95.5 cm³/mol. The Kier molecular flexibility index (Phi) is 4.88. The van der Waals surface area contributed by atoms with Crippen molar-refractivity contribution < 1.29 is 8.78 Å². The molecule has 2 aromatic carbocycles. The van der Waals surface area contributed by atoms with Crippen LogP contribution in [0, 0.1) is 18.6 Å². The molecule has 0 fully saturated rings. The van der Waals surface area contributed by atoms with Crippen LogP contribution in [0.5, 0.6) is 0 Å². The summed E-state index contributed by atoms with van der Waals surface area (Å²) in [5, 5.41) is 2.82. The van der Waals surface area contributed by atoms with Gasteiger partial charge in [-0.3, -0.25) is 0 Å². The topological polar surface area (TPSA) is 41.1 Å². The van der Waals surface area contributed by atoms with E-state index in [-0.39, 0.29) is 11.6 Å². The van der Waals surface area contributed by atoms with Gasteiger partial charge in [0.15, 0.2) is 0 Å². The third kappa shape index (κ3) is 3.91. The van der Waals surface area contributed by atoms with Gasteiger partial charge in [0.05, 0.1) is 5.69 Å². The van der Waals surface area contributed by atoms with Crippen molar-refractivity contribution in [1.82, 2.24) is 9.97 Å². The summed E-state index contributed by atoms with van der Waals surface area (Å²) >= 11 is 0. The molecule has 0 aliphatic rings. The van der Waals surface area contributed by atoms with E-state index in [1.807, 2.05) is 55.1 Å². The van der Waals surface area contributed by atoms with Crippen LogP contribution in [0.25, 0.3) is 0 Å². The minimum absolute atomic E-state index is 0.126. The molecule has 0 spiro atoms. The van der Waals surface area contributed by atoms with Crippen molar-refractivity contribution in [2.45, 2.75) is 13.8 Å². The van der Waals surface area contributed by atoms with Gasteiger partial charge in [-0.15, -0.1) is 0 Å². The lowest BCUT2D eigenvalue weighted by molar-refractivity contribution is 0.586. The van der Waals surface area contributed by atoms with E-state index in [4.69, 9.17) is 0 Å². The molecule has 6 heteroatoms. The number of halogens is 2. The second kappa shape index (κ2) is 7.25. The van der Waals surface area contributed by atoms with E-state index in [1.165, 1.54) is 12.1 Å². The Bertz CT molecular complexity index is 869. The first-order valence-corrected chi connectivity index (χ1v) is 7.97. The quantitative estimate of drug-likeness (QED) is 0.712. The average molecular weight is 340 g/mol. The molecule has 0 radical (unpaired) electrons. The van der Waals surface area contributed by atoms with E-state index in [9.17, 15) is 8.78 Å². The number of aryl methyl sites for hydroxylation is 1. The molecular formula is C19H18F2N4. The van der Waals surface area contributed by atoms with E-state index < -0.39 is 11.6 Å². The molecule has 0 aliphatic carbocycles. The fraction of sp³-hybridized carbons (Fsp3) is 0.158. The van der Waals surface area contributed by atoms with Crippen LogP contribution in [0.1, 0.15) is 12.6 Å². The van der Waals surface area contributed by atoms with Gasteiger partial charge < -0.3 is 10.2 Å². The van der Waals surface area contributed by atoms with Gasteiger partial charge in [-0.05, 0) is 38.1 Å². The third-order valence-corrected chi connectivity index (χ3v) is 3.68. The van der Waals surface area contributed by atoms with Crippen molar-refractivity contribution in [3.05, 3.63) is 71.9 Å². The zero-order valence-corrected chi connectivity index (χ0v) is 14.0. The molecule has 0 saturated carbocycles. The van der Waals surface area contributed by atoms with Gasteiger partial charge in [0.1, 0.15) is 17.5 Å². The molecule has 1 aromatic heterocycles. The van der Waals surface area contributed by atoms with E-state index >= 15 is 0 Å². The van der Waals surface area contributed by atoms with Crippen molar-refractivity contribution in [3.63, 3.8) is 0 Å². The van der Waals surface area contributed by atoms with Gasteiger partial charge in [0, 0.05) is 30.1 Å². The van der Waals surface area contributed by atoms with E-state index in [0.29, 0.717) is 12.4 Å². The third-order valence-electron chi connectivity index (χ3n) is 3.68. The van der Waals surface area contributed by atoms with E-state index in [0.717, 1.165) is 17.4 Å². The van der Waals surface area contributed by atoms with Crippen molar-refractivity contribution in [3.8, 4) is 0 Å².